The highest BCUT2D eigenvalue weighted by molar-refractivity contribution is 5.92. The molecule has 1 amide bonds. The average molecular weight is 277 g/mol. The van der Waals surface area contributed by atoms with Crippen molar-refractivity contribution in [3.05, 3.63) is 18.2 Å². The van der Waals surface area contributed by atoms with E-state index in [0.717, 1.165) is 31.4 Å². The fraction of sp³-hybridized carbons (Fsp3) is 0.562. The predicted octanol–water partition coefficient (Wildman–Crippen LogP) is 3.61. The maximum atomic E-state index is 12.2. The molecule has 1 aromatic carbocycles. The van der Waals surface area contributed by atoms with E-state index in [2.05, 4.69) is 5.32 Å². The van der Waals surface area contributed by atoms with Crippen LogP contribution < -0.4 is 14.8 Å². The molecule has 0 heterocycles. The highest BCUT2D eigenvalue weighted by Gasteiger charge is 2.21. The zero-order valence-electron chi connectivity index (χ0n) is 12.3. The van der Waals surface area contributed by atoms with E-state index in [9.17, 15) is 4.79 Å². The standard InChI is InChI=1S/C16H23NO3/c1-3-20-14-10-9-13(11-15(14)19-2)17-16(18)12-7-5-4-6-8-12/h9-12H,3-8H2,1-2H3,(H,17,18). The third kappa shape index (κ3) is 3.65. The van der Waals surface area contributed by atoms with Crippen LogP contribution in [0.2, 0.25) is 0 Å². The number of amides is 1. The fourth-order valence-electron chi connectivity index (χ4n) is 2.63. The molecule has 2 rings (SSSR count). The van der Waals surface area contributed by atoms with Crippen LogP contribution in [-0.4, -0.2) is 19.6 Å². The van der Waals surface area contributed by atoms with Gasteiger partial charge in [0.05, 0.1) is 13.7 Å². The first kappa shape index (κ1) is 14.7. The second kappa shape index (κ2) is 7.17. The third-order valence-electron chi connectivity index (χ3n) is 3.71. The van der Waals surface area contributed by atoms with Gasteiger partial charge in [-0.05, 0) is 31.9 Å². The molecule has 4 heteroatoms. The lowest BCUT2D eigenvalue weighted by molar-refractivity contribution is -0.120. The smallest absolute Gasteiger partial charge is 0.227 e. The Morgan fingerprint density at radius 2 is 2.00 bits per heavy atom. The van der Waals surface area contributed by atoms with E-state index in [4.69, 9.17) is 9.47 Å². The molecule has 0 aliphatic heterocycles. The van der Waals surface area contributed by atoms with Gasteiger partial charge in [0.25, 0.3) is 0 Å². The molecule has 20 heavy (non-hydrogen) atoms. The largest absolute Gasteiger partial charge is 0.493 e. The molecule has 0 radical (unpaired) electrons. The maximum Gasteiger partial charge on any atom is 0.227 e. The second-order valence-corrected chi connectivity index (χ2v) is 5.12. The number of carbonyl (C=O) groups is 1. The Morgan fingerprint density at radius 3 is 2.65 bits per heavy atom. The lowest BCUT2D eigenvalue weighted by atomic mass is 9.88. The fourth-order valence-corrected chi connectivity index (χ4v) is 2.63. The van der Waals surface area contributed by atoms with Gasteiger partial charge in [-0.25, -0.2) is 0 Å². The molecule has 110 valence electrons. The Kier molecular flexibility index (Phi) is 5.27. The van der Waals surface area contributed by atoms with Crippen molar-refractivity contribution in [1.82, 2.24) is 0 Å². The highest BCUT2D eigenvalue weighted by Crippen LogP contribution is 2.31. The van der Waals surface area contributed by atoms with Crippen LogP contribution in [-0.2, 0) is 4.79 Å². The van der Waals surface area contributed by atoms with Crippen molar-refractivity contribution in [3.63, 3.8) is 0 Å². The number of carbonyl (C=O) groups excluding carboxylic acids is 1. The molecule has 4 nitrogen and oxygen atoms in total. The quantitative estimate of drug-likeness (QED) is 0.894. The normalized spacial score (nSPS) is 15.7. The number of nitrogens with one attached hydrogen (secondary N) is 1. The molecule has 1 N–H and O–H groups in total. The average Bonchev–Trinajstić information content (AvgIpc) is 2.50. The maximum absolute atomic E-state index is 12.2. The SMILES string of the molecule is CCOc1ccc(NC(=O)C2CCCCC2)cc1OC. The minimum atomic E-state index is 0.121. The van der Waals surface area contributed by atoms with E-state index in [-0.39, 0.29) is 11.8 Å². The summed E-state index contributed by atoms with van der Waals surface area (Å²) in [6, 6.07) is 5.50. The van der Waals surface area contributed by atoms with E-state index < -0.39 is 0 Å². The number of anilines is 1. The summed E-state index contributed by atoms with van der Waals surface area (Å²) in [7, 11) is 1.60. The van der Waals surface area contributed by atoms with Crippen molar-refractivity contribution < 1.29 is 14.3 Å². The van der Waals surface area contributed by atoms with Gasteiger partial charge in [0.15, 0.2) is 11.5 Å². The number of rotatable bonds is 5. The predicted molar refractivity (Wildman–Crippen MR) is 79.4 cm³/mol. The Hall–Kier alpha value is -1.71. The molecule has 1 aromatic rings. The van der Waals surface area contributed by atoms with Gasteiger partial charge in [0, 0.05) is 17.7 Å². The molecule has 0 aromatic heterocycles. The van der Waals surface area contributed by atoms with Crippen LogP contribution in [0.4, 0.5) is 5.69 Å². The second-order valence-electron chi connectivity index (χ2n) is 5.12. The van der Waals surface area contributed by atoms with Crippen LogP contribution >= 0.6 is 0 Å². The minimum absolute atomic E-state index is 0.121. The van der Waals surface area contributed by atoms with E-state index in [1.54, 1.807) is 7.11 Å². The Labute approximate surface area is 120 Å². The number of hydrogen-bond donors (Lipinski definition) is 1. The number of benzene rings is 1. The van der Waals surface area contributed by atoms with Gasteiger partial charge in [-0.2, -0.15) is 0 Å². The zero-order chi connectivity index (χ0) is 14.4. The van der Waals surface area contributed by atoms with Gasteiger partial charge in [-0.3, -0.25) is 4.79 Å². The summed E-state index contributed by atoms with van der Waals surface area (Å²) >= 11 is 0. The van der Waals surface area contributed by atoms with Crippen LogP contribution in [0.25, 0.3) is 0 Å². The summed E-state index contributed by atoms with van der Waals surface area (Å²) in [6.07, 6.45) is 5.57. The van der Waals surface area contributed by atoms with E-state index in [0.29, 0.717) is 18.1 Å². The van der Waals surface area contributed by atoms with E-state index in [1.165, 1.54) is 6.42 Å². The van der Waals surface area contributed by atoms with Crippen LogP contribution in [0.5, 0.6) is 11.5 Å². The van der Waals surface area contributed by atoms with Crippen molar-refractivity contribution in [2.75, 3.05) is 19.0 Å². The van der Waals surface area contributed by atoms with Crippen LogP contribution in [0, 0.1) is 5.92 Å². The van der Waals surface area contributed by atoms with Crippen LogP contribution in [0.1, 0.15) is 39.0 Å². The molecular formula is C16H23NO3. The lowest BCUT2D eigenvalue weighted by Crippen LogP contribution is -2.24. The summed E-state index contributed by atoms with van der Waals surface area (Å²) in [6.45, 7) is 2.52. The van der Waals surface area contributed by atoms with Crippen molar-refractivity contribution in [1.29, 1.82) is 0 Å². The summed E-state index contributed by atoms with van der Waals surface area (Å²) in [5.74, 6) is 1.62. The molecule has 1 aliphatic carbocycles. The molecule has 0 bridgehead atoms. The van der Waals surface area contributed by atoms with Gasteiger partial charge < -0.3 is 14.8 Å². The lowest BCUT2D eigenvalue weighted by Gasteiger charge is -2.21. The van der Waals surface area contributed by atoms with Crippen molar-refractivity contribution >= 4 is 11.6 Å². The van der Waals surface area contributed by atoms with E-state index >= 15 is 0 Å². The zero-order valence-corrected chi connectivity index (χ0v) is 12.3. The number of hydrogen-bond acceptors (Lipinski definition) is 3. The van der Waals surface area contributed by atoms with Crippen molar-refractivity contribution in [2.45, 2.75) is 39.0 Å². The topological polar surface area (TPSA) is 47.6 Å². The van der Waals surface area contributed by atoms with Gasteiger partial charge in [0.2, 0.25) is 5.91 Å². The van der Waals surface area contributed by atoms with Gasteiger partial charge in [-0.15, -0.1) is 0 Å². The molecule has 0 atom stereocenters. The van der Waals surface area contributed by atoms with Gasteiger partial charge in [0.1, 0.15) is 0 Å². The Morgan fingerprint density at radius 1 is 1.25 bits per heavy atom. The van der Waals surface area contributed by atoms with Crippen molar-refractivity contribution in [3.8, 4) is 11.5 Å². The molecular weight excluding hydrogens is 254 g/mol. The number of ether oxygens (including phenoxy) is 2. The van der Waals surface area contributed by atoms with Gasteiger partial charge >= 0.3 is 0 Å². The monoisotopic (exact) mass is 277 g/mol. The molecule has 1 saturated carbocycles. The summed E-state index contributed by atoms with van der Waals surface area (Å²) < 4.78 is 10.8. The summed E-state index contributed by atoms with van der Waals surface area (Å²) in [5, 5.41) is 2.98. The Bertz CT molecular complexity index is 453. The Balaban J connectivity index is 2.03. The van der Waals surface area contributed by atoms with Crippen LogP contribution in [0.3, 0.4) is 0 Å². The summed E-state index contributed by atoms with van der Waals surface area (Å²) in [5.41, 5.74) is 0.765. The first-order valence-corrected chi connectivity index (χ1v) is 7.36. The molecule has 1 aliphatic rings. The molecule has 1 fully saturated rings. The van der Waals surface area contributed by atoms with Crippen molar-refractivity contribution in [2.24, 2.45) is 5.92 Å². The first-order chi connectivity index (χ1) is 9.74. The molecule has 0 unspecified atom stereocenters. The first-order valence-electron chi connectivity index (χ1n) is 7.36. The minimum Gasteiger partial charge on any atom is -0.493 e. The number of methoxy groups -OCH3 is 1. The molecule has 0 spiro atoms. The summed E-state index contributed by atoms with van der Waals surface area (Å²) in [4.78, 5) is 12.2. The van der Waals surface area contributed by atoms with E-state index in [1.807, 2.05) is 25.1 Å². The molecule has 0 saturated heterocycles. The van der Waals surface area contributed by atoms with Crippen LogP contribution in [0.15, 0.2) is 18.2 Å². The third-order valence-corrected chi connectivity index (χ3v) is 3.71. The van der Waals surface area contributed by atoms with Gasteiger partial charge in [-0.1, -0.05) is 19.3 Å². The highest BCUT2D eigenvalue weighted by atomic mass is 16.5.